The van der Waals surface area contributed by atoms with Crippen LogP contribution in [0.5, 0.6) is 0 Å². The second kappa shape index (κ2) is 9.72. The number of halogens is 5. The summed E-state index contributed by atoms with van der Waals surface area (Å²) < 4.78 is 53.7. The lowest BCUT2D eigenvalue weighted by Gasteiger charge is -2.21. The van der Waals surface area contributed by atoms with Crippen LogP contribution in [0.4, 0.5) is 22.7 Å². The van der Waals surface area contributed by atoms with Crippen LogP contribution in [0.15, 0.2) is 42.5 Å². The Kier molecular flexibility index (Phi) is 7.79. The van der Waals surface area contributed by atoms with Crippen LogP contribution in [0.25, 0.3) is 10.2 Å². The molecule has 1 heterocycles. The molecule has 0 aliphatic rings. The van der Waals surface area contributed by atoms with Gasteiger partial charge in [-0.3, -0.25) is 9.69 Å². The average molecular weight is 462 g/mol. The van der Waals surface area contributed by atoms with Crippen molar-refractivity contribution in [2.45, 2.75) is 12.6 Å². The Hall–Kier alpha value is -2.23. The zero-order valence-corrected chi connectivity index (χ0v) is 17.9. The number of para-hydroxylation sites is 1. The molecule has 162 valence electrons. The number of benzene rings is 2. The summed E-state index contributed by atoms with van der Waals surface area (Å²) in [5, 5.41) is 0.256. The molecule has 1 aromatic heterocycles. The number of carbonyl (C=O) groups excluding carboxylic acids is 1. The van der Waals surface area contributed by atoms with E-state index in [0.29, 0.717) is 17.7 Å². The molecule has 0 aliphatic carbocycles. The standard InChI is InChI=1S/C20H19F4N3OS.ClH/c1-26(2)10-5-11-27(19-25-17-15(21)8-4-9-16(17)29-19)18(28)13-6-3-7-14(12-13)20(22,23)24;/h3-4,6-9,12H,5,10-11H2,1-2H3;1H. The van der Waals surface area contributed by atoms with E-state index in [2.05, 4.69) is 4.98 Å². The molecule has 0 aliphatic heterocycles. The van der Waals surface area contributed by atoms with Gasteiger partial charge < -0.3 is 4.90 Å². The van der Waals surface area contributed by atoms with Crippen LogP contribution >= 0.6 is 23.7 Å². The predicted molar refractivity (Wildman–Crippen MR) is 113 cm³/mol. The van der Waals surface area contributed by atoms with Crippen LogP contribution in [0.2, 0.25) is 0 Å². The number of hydrogen-bond acceptors (Lipinski definition) is 4. The fourth-order valence-electron chi connectivity index (χ4n) is 2.83. The maximum Gasteiger partial charge on any atom is 0.416 e. The van der Waals surface area contributed by atoms with E-state index in [1.807, 2.05) is 19.0 Å². The van der Waals surface area contributed by atoms with E-state index in [-0.39, 0.29) is 35.2 Å². The quantitative estimate of drug-likeness (QED) is 0.456. The minimum absolute atomic E-state index is 0. The highest BCUT2D eigenvalue weighted by Gasteiger charge is 2.31. The normalized spacial score (nSPS) is 11.6. The van der Waals surface area contributed by atoms with Gasteiger partial charge in [-0.05, 0) is 57.4 Å². The summed E-state index contributed by atoms with van der Waals surface area (Å²) in [6.45, 7) is 0.917. The van der Waals surface area contributed by atoms with E-state index in [9.17, 15) is 22.4 Å². The number of hydrogen-bond donors (Lipinski definition) is 0. The number of thiazole rings is 1. The van der Waals surface area contributed by atoms with E-state index < -0.39 is 23.5 Å². The van der Waals surface area contributed by atoms with Crippen molar-refractivity contribution in [1.82, 2.24) is 9.88 Å². The van der Waals surface area contributed by atoms with Crippen molar-refractivity contribution in [2.24, 2.45) is 0 Å². The van der Waals surface area contributed by atoms with Gasteiger partial charge in [-0.1, -0.05) is 23.5 Å². The SMILES string of the molecule is CN(C)CCCN(C(=O)c1cccc(C(F)(F)F)c1)c1nc2c(F)cccc2s1.Cl. The second-order valence-corrected chi connectivity index (χ2v) is 7.78. The number of rotatable bonds is 6. The van der Waals surface area contributed by atoms with Gasteiger partial charge in [0.2, 0.25) is 0 Å². The number of amides is 1. The lowest BCUT2D eigenvalue weighted by molar-refractivity contribution is -0.137. The zero-order valence-electron chi connectivity index (χ0n) is 16.2. The molecular weight excluding hydrogens is 442 g/mol. The molecule has 0 atom stereocenters. The van der Waals surface area contributed by atoms with Gasteiger partial charge in [0.15, 0.2) is 5.13 Å². The van der Waals surface area contributed by atoms with Crippen molar-refractivity contribution in [2.75, 3.05) is 32.1 Å². The summed E-state index contributed by atoms with van der Waals surface area (Å²) >= 11 is 1.13. The highest BCUT2D eigenvalue weighted by molar-refractivity contribution is 7.22. The van der Waals surface area contributed by atoms with E-state index in [1.165, 1.54) is 23.1 Å². The van der Waals surface area contributed by atoms with E-state index >= 15 is 0 Å². The van der Waals surface area contributed by atoms with Gasteiger partial charge in [0.05, 0.1) is 10.3 Å². The van der Waals surface area contributed by atoms with Crippen LogP contribution in [-0.2, 0) is 6.18 Å². The topological polar surface area (TPSA) is 36.4 Å². The zero-order chi connectivity index (χ0) is 21.2. The number of nitrogens with zero attached hydrogens (tertiary/aromatic N) is 3. The van der Waals surface area contributed by atoms with Gasteiger partial charge in [0.1, 0.15) is 11.3 Å². The Bertz CT molecular complexity index is 1020. The van der Waals surface area contributed by atoms with Crippen molar-refractivity contribution >= 4 is 45.0 Å². The van der Waals surface area contributed by atoms with E-state index in [1.54, 1.807) is 12.1 Å². The molecule has 0 unspecified atom stereocenters. The Balaban J connectivity index is 0.00000320. The molecule has 30 heavy (non-hydrogen) atoms. The molecule has 0 saturated carbocycles. The molecule has 0 bridgehead atoms. The molecule has 0 saturated heterocycles. The summed E-state index contributed by atoms with van der Waals surface area (Å²) in [7, 11) is 3.76. The monoisotopic (exact) mass is 461 g/mol. The molecule has 0 fully saturated rings. The highest BCUT2D eigenvalue weighted by Crippen LogP contribution is 2.33. The highest BCUT2D eigenvalue weighted by atomic mass is 35.5. The minimum Gasteiger partial charge on any atom is -0.309 e. The third-order valence-electron chi connectivity index (χ3n) is 4.26. The van der Waals surface area contributed by atoms with Gasteiger partial charge in [0.25, 0.3) is 5.91 Å². The molecule has 0 spiro atoms. The fourth-order valence-corrected chi connectivity index (χ4v) is 3.84. The van der Waals surface area contributed by atoms with Crippen LogP contribution in [-0.4, -0.2) is 43.0 Å². The van der Waals surface area contributed by atoms with Crippen molar-refractivity contribution in [1.29, 1.82) is 0 Å². The number of anilines is 1. The van der Waals surface area contributed by atoms with Crippen LogP contribution in [0.3, 0.4) is 0 Å². The van der Waals surface area contributed by atoms with Crippen molar-refractivity contribution in [3.8, 4) is 0 Å². The van der Waals surface area contributed by atoms with Gasteiger partial charge in [-0.25, -0.2) is 9.37 Å². The Morgan fingerprint density at radius 1 is 1.10 bits per heavy atom. The first-order chi connectivity index (χ1) is 13.7. The first-order valence-electron chi connectivity index (χ1n) is 8.85. The smallest absolute Gasteiger partial charge is 0.309 e. The number of aromatic nitrogens is 1. The van der Waals surface area contributed by atoms with E-state index in [0.717, 1.165) is 23.5 Å². The lowest BCUT2D eigenvalue weighted by atomic mass is 10.1. The summed E-state index contributed by atoms with van der Waals surface area (Å²) in [5.41, 5.74) is -0.849. The fraction of sp³-hybridized carbons (Fsp3) is 0.300. The summed E-state index contributed by atoms with van der Waals surface area (Å²) in [6, 6.07) is 8.79. The first kappa shape index (κ1) is 24.0. The van der Waals surface area contributed by atoms with Crippen molar-refractivity contribution in [3.05, 3.63) is 59.4 Å². The Labute approximate surface area is 181 Å². The molecule has 3 aromatic rings. The second-order valence-electron chi connectivity index (χ2n) is 6.78. The maximum atomic E-state index is 14.0. The molecule has 0 radical (unpaired) electrons. The van der Waals surface area contributed by atoms with Gasteiger partial charge in [-0.15, -0.1) is 12.4 Å². The molecule has 4 nitrogen and oxygen atoms in total. The van der Waals surface area contributed by atoms with E-state index in [4.69, 9.17) is 0 Å². The van der Waals surface area contributed by atoms with Gasteiger partial charge in [-0.2, -0.15) is 13.2 Å². The summed E-state index contributed by atoms with van der Waals surface area (Å²) in [4.78, 5) is 20.6. The molecule has 3 rings (SSSR count). The minimum atomic E-state index is -4.55. The number of carbonyl (C=O) groups is 1. The largest absolute Gasteiger partial charge is 0.416 e. The van der Waals surface area contributed by atoms with Crippen LogP contribution in [0, 0.1) is 5.82 Å². The van der Waals surface area contributed by atoms with Crippen LogP contribution in [0.1, 0.15) is 22.3 Å². The van der Waals surface area contributed by atoms with Crippen molar-refractivity contribution < 1.29 is 22.4 Å². The molecule has 1 amide bonds. The maximum absolute atomic E-state index is 14.0. The number of fused-ring (bicyclic) bond motifs is 1. The lowest BCUT2D eigenvalue weighted by Crippen LogP contribution is -2.33. The van der Waals surface area contributed by atoms with Gasteiger partial charge >= 0.3 is 6.18 Å². The third-order valence-corrected chi connectivity index (χ3v) is 5.30. The molecule has 2 aromatic carbocycles. The van der Waals surface area contributed by atoms with Crippen LogP contribution < -0.4 is 4.90 Å². The first-order valence-corrected chi connectivity index (χ1v) is 9.67. The average Bonchev–Trinajstić information content (AvgIpc) is 3.09. The molecule has 10 heteroatoms. The summed E-state index contributed by atoms with van der Waals surface area (Å²) in [5.74, 6) is -1.11. The van der Waals surface area contributed by atoms with Crippen molar-refractivity contribution in [3.63, 3.8) is 0 Å². The number of alkyl halides is 3. The molecule has 0 N–H and O–H groups in total. The molecular formula is C20H20ClF4N3OS. The van der Waals surface area contributed by atoms with Gasteiger partial charge in [0, 0.05) is 12.1 Å². The Morgan fingerprint density at radius 2 is 1.80 bits per heavy atom. The predicted octanol–water partition coefficient (Wildman–Crippen LogP) is 5.47. The third kappa shape index (κ3) is 5.47. The summed E-state index contributed by atoms with van der Waals surface area (Å²) in [6.07, 6.45) is -3.97. The Morgan fingerprint density at radius 3 is 2.43 bits per heavy atom.